The van der Waals surface area contributed by atoms with E-state index in [9.17, 15) is 13.2 Å². The predicted molar refractivity (Wildman–Crippen MR) is 166 cm³/mol. The van der Waals surface area contributed by atoms with Crippen LogP contribution in [0, 0.1) is 13.8 Å². The third kappa shape index (κ3) is 8.47. The van der Waals surface area contributed by atoms with Crippen molar-refractivity contribution < 1.29 is 13.2 Å². The summed E-state index contributed by atoms with van der Waals surface area (Å²) in [5.41, 5.74) is 3.64. The number of anilines is 1. The third-order valence-electron chi connectivity index (χ3n) is 6.53. The van der Waals surface area contributed by atoms with Gasteiger partial charge in [-0.25, -0.2) is 13.4 Å². The second-order valence-electron chi connectivity index (χ2n) is 10.2. The number of amides is 1. The van der Waals surface area contributed by atoms with Crippen molar-refractivity contribution in [2.75, 3.05) is 45.2 Å². The summed E-state index contributed by atoms with van der Waals surface area (Å²) >= 11 is 1.53. The normalized spacial score (nSPS) is 11.8. The summed E-state index contributed by atoms with van der Waals surface area (Å²) in [6.07, 6.45) is 4.30. The van der Waals surface area contributed by atoms with Crippen LogP contribution >= 0.6 is 23.7 Å². The number of rotatable bonds is 14. The lowest BCUT2D eigenvalue weighted by Gasteiger charge is -2.23. The second kappa shape index (κ2) is 15.1. The highest BCUT2D eigenvalue weighted by molar-refractivity contribution is 7.89. The van der Waals surface area contributed by atoms with Gasteiger partial charge in [-0.05, 0) is 95.2 Å². The Labute approximate surface area is 244 Å². The van der Waals surface area contributed by atoms with Gasteiger partial charge in [-0.1, -0.05) is 44.1 Å². The molecular formula is C29H43ClN4O3S2. The predicted octanol–water partition coefficient (Wildman–Crippen LogP) is 6.52. The molecule has 0 spiro atoms. The number of aromatic nitrogens is 1. The molecule has 10 heteroatoms. The number of unbranched alkanes of at least 4 members (excludes halogenated alkanes) is 2. The fourth-order valence-corrected chi connectivity index (χ4v) is 6.96. The van der Waals surface area contributed by atoms with Crippen LogP contribution in [0.25, 0.3) is 10.2 Å². The topological polar surface area (TPSA) is 73.8 Å². The van der Waals surface area contributed by atoms with Crippen LogP contribution in [0.2, 0.25) is 0 Å². The zero-order valence-corrected chi connectivity index (χ0v) is 26.5. The first-order chi connectivity index (χ1) is 18.1. The lowest BCUT2D eigenvalue weighted by Crippen LogP contribution is -2.34. The number of hydrogen-bond acceptors (Lipinski definition) is 6. The molecule has 0 radical (unpaired) electrons. The maximum absolute atomic E-state index is 13.7. The summed E-state index contributed by atoms with van der Waals surface area (Å²) in [6.45, 7) is 10.6. The molecule has 0 unspecified atom stereocenters. The van der Waals surface area contributed by atoms with Crippen LogP contribution in [0.3, 0.4) is 0 Å². The van der Waals surface area contributed by atoms with E-state index in [1.54, 1.807) is 33.5 Å². The lowest BCUT2D eigenvalue weighted by molar-refractivity contribution is 0.0986. The van der Waals surface area contributed by atoms with Gasteiger partial charge in [-0.15, -0.1) is 12.4 Å². The minimum absolute atomic E-state index is 0. The Morgan fingerprint density at radius 3 is 2.08 bits per heavy atom. The smallest absolute Gasteiger partial charge is 0.260 e. The number of carbonyl (C=O) groups excluding carboxylic acids is 1. The van der Waals surface area contributed by atoms with Crippen molar-refractivity contribution in [1.82, 2.24) is 14.2 Å². The quantitative estimate of drug-likeness (QED) is 0.212. The van der Waals surface area contributed by atoms with Crippen LogP contribution in [-0.4, -0.2) is 68.8 Å². The molecule has 0 fully saturated rings. The fourth-order valence-electron chi connectivity index (χ4n) is 4.40. The zero-order chi connectivity index (χ0) is 27.9. The van der Waals surface area contributed by atoms with Crippen molar-refractivity contribution >= 4 is 55.0 Å². The van der Waals surface area contributed by atoms with E-state index in [-0.39, 0.29) is 23.2 Å². The second-order valence-corrected chi connectivity index (χ2v) is 13.1. The van der Waals surface area contributed by atoms with Gasteiger partial charge in [0, 0.05) is 25.2 Å². The van der Waals surface area contributed by atoms with Gasteiger partial charge in [0.25, 0.3) is 5.91 Å². The highest BCUT2D eigenvalue weighted by atomic mass is 35.5. The highest BCUT2D eigenvalue weighted by Crippen LogP contribution is 2.33. The summed E-state index contributed by atoms with van der Waals surface area (Å²) in [5, 5.41) is 0.666. The van der Waals surface area contributed by atoms with E-state index >= 15 is 0 Å². The summed E-state index contributed by atoms with van der Waals surface area (Å²) in [7, 11) is 0.409. The Balaban J connectivity index is 0.00000533. The maximum Gasteiger partial charge on any atom is 0.260 e. The van der Waals surface area contributed by atoms with E-state index in [1.165, 1.54) is 11.3 Å². The Morgan fingerprint density at radius 1 is 0.897 bits per heavy atom. The molecule has 0 atom stereocenters. The van der Waals surface area contributed by atoms with Gasteiger partial charge in [0.15, 0.2) is 5.13 Å². The van der Waals surface area contributed by atoms with Crippen LogP contribution in [-0.2, 0) is 10.0 Å². The summed E-state index contributed by atoms with van der Waals surface area (Å²) in [5.74, 6) is -0.171. The average molecular weight is 595 g/mol. The number of nitrogens with zero attached hydrogens (tertiary/aromatic N) is 4. The number of carbonyl (C=O) groups is 1. The molecule has 0 N–H and O–H groups in total. The monoisotopic (exact) mass is 594 g/mol. The Kier molecular flexibility index (Phi) is 12.8. The van der Waals surface area contributed by atoms with E-state index < -0.39 is 10.0 Å². The molecule has 3 aromatic rings. The van der Waals surface area contributed by atoms with Gasteiger partial charge in [0.05, 0.1) is 15.1 Å². The van der Waals surface area contributed by atoms with Gasteiger partial charge in [-0.3, -0.25) is 9.69 Å². The van der Waals surface area contributed by atoms with E-state index in [1.807, 2.05) is 27.1 Å². The van der Waals surface area contributed by atoms with Crippen molar-refractivity contribution in [3.63, 3.8) is 0 Å². The zero-order valence-electron chi connectivity index (χ0n) is 24.1. The van der Waals surface area contributed by atoms with Gasteiger partial charge < -0.3 is 4.90 Å². The standard InChI is InChI=1S/C29H42N4O3S2.ClH/c1-7-9-17-32(18-10-8-2)38(35,36)25-14-12-24(13-15-25)28(34)33(19-11-16-31(5)6)29-30-26-21-22(3)20-23(4)27(26)37-29;/h12-15,20-21H,7-11,16-19H2,1-6H3;1H. The molecule has 0 saturated heterocycles. The first kappa shape index (κ1) is 33.2. The number of aryl methyl sites for hydroxylation is 2. The maximum atomic E-state index is 13.7. The van der Waals surface area contributed by atoms with Crippen molar-refractivity contribution in [3.05, 3.63) is 53.1 Å². The van der Waals surface area contributed by atoms with E-state index in [4.69, 9.17) is 4.98 Å². The Morgan fingerprint density at radius 2 is 1.51 bits per heavy atom. The molecule has 1 aromatic heterocycles. The van der Waals surface area contributed by atoms with Crippen molar-refractivity contribution in [2.45, 2.75) is 64.7 Å². The van der Waals surface area contributed by atoms with Gasteiger partial charge in [0.2, 0.25) is 10.0 Å². The molecule has 3 rings (SSSR count). The first-order valence-corrected chi connectivity index (χ1v) is 15.8. The number of fused-ring (bicyclic) bond motifs is 1. The molecule has 2 aromatic carbocycles. The highest BCUT2D eigenvalue weighted by Gasteiger charge is 2.26. The Bertz CT molecular complexity index is 1320. The van der Waals surface area contributed by atoms with Crippen LogP contribution in [0.5, 0.6) is 0 Å². The number of hydrogen-bond donors (Lipinski definition) is 0. The molecule has 0 bridgehead atoms. The number of sulfonamides is 1. The molecule has 0 aliphatic rings. The molecule has 0 aliphatic carbocycles. The minimum atomic E-state index is -3.62. The van der Waals surface area contributed by atoms with E-state index in [0.717, 1.165) is 60.0 Å². The Hall–Kier alpha value is -2.04. The first-order valence-electron chi connectivity index (χ1n) is 13.5. The average Bonchev–Trinajstić information content (AvgIpc) is 3.30. The summed E-state index contributed by atoms with van der Waals surface area (Å²) in [6, 6.07) is 10.6. The van der Waals surface area contributed by atoms with Crippen LogP contribution in [0.1, 0.15) is 67.4 Å². The molecule has 1 amide bonds. The molecule has 39 heavy (non-hydrogen) atoms. The van der Waals surface area contributed by atoms with Crippen molar-refractivity contribution in [2.24, 2.45) is 0 Å². The van der Waals surface area contributed by atoms with Gasteiger partial charge >= 0.3 is 0 Å². The van der Waals surface area contributed by atoms with Gasteiger partial charge in [0.1, 0.15) is 0 Å². The summed E-state index contributed by atoms with van der Waals surface area (Å²) < 4.78 is 29.4. The van der Waals surface area contributed by atoms with Crippen molar-refractivity contribution in [3.8, 4) is 0 Å². The molecule has 7 nitrogen and oxygen atoms in total. The van der Waals surface area contributed by atoms with Crippen LogP contribution in [0.15, 0.2) is 41.3 Å². The molecule has 1 heterocycles. The fraction of sp³-hybridized carbons (Fsp3) is 0.517. The number of halogens is 1. The molecule has 216 valence electrons. The molecular weight excluding hydrogens is 552 g/mol. The molecule has 0 aliphatic heterocycles. The third-order valence-corrected chi connectivity index (χ3v) is 9.68. The summed E-state index contributed by atoms with van der Waals surface area (Å²) in [4.78, 5) is 22.6. The minimum Gasteiger partial charge on any atom is -0.309 e. The number of thiazole rings is 1. The largest absolute Gasteiger partial charge is 0.309 e. The van der Waals surface area contributed by atoms with Gasteiger partial charge in [-0.2, -0.15) is 4.31 Å². The molecule has 0 saturated carbocycles. The SMILES string of the molecule is CCCCN(CCCC)S(=O)(=O)c1ccc(C(=O)N(CCCN(C)C)c2nc3cc(C)cc(C)c3s2)cc1.Cl. The van der Waals surface area contributed by atoms with E-state index in [2.05, 4.69) is 31.7 Å². The van der Waals surface area contributed by atoms with Crippen LogP contribution < -0.4 is 4.90 Å². The van der Waals surface area contributed by atoms with E-state index in [0.29, 0.717) is 30.3 Å². The lowest BCUT2D eigenvalue weighted by atomic mass is 10.1. The number of benzene rings is 2. The van der Waals surface area contributed by atoms with Crippen molar-refractivity contribution in [1.29, 1.82) is 0 Å². The van der Waals surface area contributed by atoms with Crippen LogP contribution in [0.4, 0.5) is 5.13 Å².